The lowest BCUT2D eigenvalue weighted by molar-refractivity contribution is -0.145. The van der Waals surface area contributed by atoms with Crippen molar-refractivity contribution in [3.8, 4) is 0 Å². The average molecular weight is 659 g/mol. The van der Waals surface area contributed by atoms with E-state index in [0.717, 1.165) is 36.8 Å². The van der Waals surface area contributed by atoms with E-state index in [0.29, 0.717) is 44.1 Å². The van der Waals surface area contributed by atoms with Gasteiger partial charge in [0.25, 0.3) is 0 Å². The monoisotopic (exact) mass is 658 g/mol. The molecule has 0 spiro atoms. The van der Waals surface area contributed by atoms with Gasteiger partial charge < -0.3 is 31.9 Å². The van der Waals surface area contributed by atoms with Crippen LogP contribution in [-0.2, 0) is 24.0 Å². The van der Waals surface area contributed by atoms with Crippen LogP contribution >= 0.6 is 0 Å². The van der Waals surface area contributed by atoms with Crippen molar-refractivity contribution in [1.82, 2.24) is 20.4 Å². The minimum Gasteiger partial charge on any atom is -0.370 e. The molecule has 11 nitrogen and oxygen atoms in total. The van der Waals surface area contributed by atoms with E-state index in [2.05, 4.69) is 17.6 Å². The predicted octanol–water partition coefficient (Wildman–Crippen LogP) is 2.78. The summed E-state index contributed by atoms with van der Waals surface area (Å²) < 4.78 is 0. The minimum atomic E-state index is -1.06. The summed E-state index contributed by atoms with van der Waals surface area (Å²) in [7, 11) is 0. The van der Waals surface area contributed by atoms with Crippen molar-refractivity contribution < 1.29 is 24.0 Å². The highest BCUT2D eigenvalue weighted by atomic mass is 16.2. The number of nitrogens with two attached hydrogens (primary N) is 2. The number of benzene rings is 2. The molecule has 3 aliphatic rings. The van der Waals surface area contributed by atoms with Crippen molar-refractivity contribution in [3.63, 3.8) is 0 Å². The Kier molecular flexibility index (Phi) is 11.9. The fourth-order valence-corrected chi connectivity index (χ4v) is 7.51. The van der Waals surface area contributed by atoms with E-state index in [1.165, 1.54) is 0 Å². The molecular formula is C37H50N6O5. The van der Waals surface area contributed by atoms with Gasteiger partial charge in [-0.25, -0.2) is 0 Å². The topological polar surface area (TPSA) is 168 Å². The second-order valence-electron chi connectivity index (χ2n) is 13.9. The number of hydrogen-bond donors (Lipinski definition) is 4. The first-order valence-corrected chi connectivity index (χ1v) is 17.4. The number of amides is 5. The molecule has 2 aliphatic heterocycles. The van der Waals surface area contributed by atoms with Gasteiger partial charge in [0.05, 0.1) is 6.04 Å². The van der Waals surface area contributed by atoms with Gasteiger partial charge >= 0.3 is 0 Å². The van der Waals surface area contributed by atoms with Crippen LogP contribution < -0.4 is 22.1 Å². The van der Waals surface area contributed by atoms with Crippen LogP contribution in [0.2, 0.25) is 0 Å². The van der Waals surface area contributed by atoms with Crippen LogP contribution in [0, 0.1) is 11.8 Å². The smallest absolute Gasteiger partial charge is 0.243 e. The van der Waals surface area contributed by atoms with E-state index in [1.807, 2.05) is 60.7 Å². The molecule has 5 amide bonds. The highest BCUT2D eigenvalue weighted by Crippen LogP contribution is 2.32. The Labute approximate surface area is 283 Å². The van der Waals surface area contributed by atoms with Crippen LogP contribution in [-0.4, -0.2) is 76.6 Å². The van der Waals surface area contributed by atoms with E-state index in [4.69, 9.17) is 11.5 Å². The number of nitrogens with zero attached hydrogens (tertiary/aromatic N) is 2. The van der Waals surface area contributed by atoms with Crippen molar-refractivity contribution in [3.05, 3.63) is 71.8 Å². The zero-order valence-electron chi connectivity index (χ0n) is 27.9. The fourth-order valence-electron chi connectivity index (χ4n) is 7.51. The number of carbonyl (C=O) groups excluding carboxylic acids is 5. The summed E-state index contributed by atoms with van der Waals surface area (Å²) in [4.78, 5) is 69.7. The van der Waals surface area contributed by atoms with Crippen molar-refractivity contribution in [2.45, 2.75) is 101 Å². The molecule has 1 aliphatic carbocycles. The third-order valence-corrected chi connectivity index (χ3v) is 10.3. The third kappa shape index (κ3) is 8.80. The van der Waals surface area contributed by atoms with Crippen LogP contribution in [0.4, 0.5) is 0 Å². The lowest BCUT2D eigenvalue weighted by Crippen LogP contribution is -2.60. The molecule has 1 saturated carbocycles. The molecular weight excluding hydrogens is 608 g/mol. The zero-order chi connectivity index (χ0) is 34.2. The molecule has 11 heteroatoms. The molecule has 0 bridgehead atoms. The van der Waals surface area contributed by atoms with Gasteiger partial charge in [0.15, 0.2) is 0 Å². The fraction of sp³-hybridized carbons (Fsp3) is 0.541. The van der Waals surface area contributed by atoms with Crippen LogP contribution in [0.25, 0.3) is 0 Å². The zero-order valence-corrected chi connectivity index (χ0v) is 27.9. The summed E-state index contributed by atoms with van der Waals surface area (Å²) in [6, 6.07) is 15.4. The van der Waals surface area contributed by atoms with Gasteiger partial charge in [-0.1, -0.05) is 80.4 Å². The molecule has 0 radical (unpaired) electrons. The van der Waals surface area contributed by atoms with Crippen LogP contribution in [0.5, 0.6) is 0 Å². The summed E-state index contributed by atoms with van der Waals surface area (Å²) in [6.07, 6.45) is 6.31. The molecule has 2 aromatic carbocycles. The molecule has 258 valence electrons. The molecule has 2 aromatic rings. The summed E-state index contributed by atoms with van der Waals surface area (Å²) in [6.45, 7) is 2.84. The van der Waals surface area contributed by atoms with Gasteiger partial charge in [-0.3, -0.25) is 24.0 Å². The first kappa shape index (κ1) is 35.1. The van der Waals surface area contributed by atoms with E-state index >= 15 is 0 Å². The lowest BCUT2D eigenvalue weighted by atomic mass is 9.81. The quantitative estimate of drug-likeness (QED) is 0.290. The van der Waals surface area contributed by atoms with Crippen molar-refractivity contribution in [1.29, 1.82) is 0 Å². The van der Waals surface area contributed by atoms with Crippen LogP contribution in [0.15, 0.2) is 60.7 Å². The van der Waals surface area contributed by atoms with Crippen molar-refractivity contribution in [2.24, 2.45) is 23.3 Å². The van der Waals surface area contributed by atoms with Gasteiger partial charge in [0, 0.05) is 32.0 Å². The summed E-state index contributed by atoms with van der Waals surface area (Å²) in [5.41, 5.74) is 13.6. The Morgan fingerprint density at radius 2 is 1.48 bits per heavy atom. The molecule has 5 rings (SSSR count). The maximum absolute atomic E-state index is 13.8. The van der Waals surface area contributed by atoms with Gasteiger partial charge in [-0.05, 0) is 61.5 Å². The van der Waals surface area contributed by atoms with E-state index in [-0.39, 0.29) is 37.2 Å². The maximum Gasteiger partial charge on any atom is 0.243 e. The highest BCUT2D eigenvalue weighted by Gasteiger charge is 2.45. The Balaban J connectivity index is 1.26. The maximum atomic E-state index is 13.8. The van der Waals surface area contributed by atoms with Gasteiger partial charge in [0.1, 0.15) is 18.1 Å². The average Bonchev–Trinajstić information content (AvgIpc) is 3.51. The second kappa shape index (κ2) is 16.2. The molecule has 0 aromatic heterocycles. The number of carbonyl (C=O) groups is 5. The molecule has 6 N–H and O–H groups in total. The molecule has 4 atom stereocenters. The Morgan fingerprint density at radius 3 is 2.08 bits per heavy atom. The number of fused-ring (bicyclic) bond motifs is 1. The van der Waals surface area contributed by atoms with Crippen LogP contribution in [0.1, 0.15) is 88.3 Å². The van der Waals surface area contributed by atoms with E-state index in [9.17, 15) is 24.0 Å². The number of rotatable bonds is 11. The minimum absolute atomic E-state index is 0.00376. The lowest BCUT2D eigenvalue weighted by Gasteiger charge is -2.38. The molecule has 2 heterocycles. The second-order valence-corrected chi connectivity index (χ2v) is 13.9. The number of hydrogen-bond acceptors (Lipinski definition) is 6. The highest BCUT2D eigenvalue weighted by molar-refractivity contribution is 5.94. The Hall–Kier alpha value is -4.25. The summed E-state index contributed by atoms with van der Waals surface area (Å²) in [5, 5.41) is 5.91. The van der Waals surface area contributed by atoms with Gasteiger partial charge in [-0.2, -0.15) is 0 Å². The first-order chi connectivity index (χ1) is 23.1. The third-order valence-electron chi connectivity index (χ3n) is 10.3. The van der Waals surface area contributed by atoms with Gasteiger partial charge in [-0.15, -0.1) is 0 Å². The molecule has 48 heavy (non-hydrogen) atoms. The van der Waals surface area contributed by atoms with Crippen molar-refractivity contribution in [2.75, 3.05) is 13.1 Å². The van der Waals surface area contributed by atoms with Gasteiger partial charge in [0.2, 0.25) is 29.5 Å². The van der Waals surface area contributed by atoms with Crippen LogP contribution in [0.3, 0.4) is 0 Å². The molecule has 3 fully saturated rings. The Morgan fingerprint density at radius 1 is 0.854 bits per heavy atom. The summed E-state index contributed by atoms with van der Waals surface area (Å²) in [5.74, 6) is -0.770. The summed E-state index contributed by atoms with van der Waals surface area (Å²) >= 11 is 0. The SMILES string of the molecule is C[C@H]1CC[C@@H](CC(=O)N2CC[C@H]3CC[C@@H](C(=O)N[C@@H](CCC(N)=O)C(=O)NC(c4ccccc4)c4ccccc4)N3C(=O)[C@@H](N)C2)CC1. The molecule has 2 saturated heterocycles. The predicted molar refractivity (Wildman–Crippen MR) is 182 cm³/mol. The largest absolute Gasteiger partial charge is 0.370 e. The van der Waals surface area contributed by atoms with E-state index < -0.39 is 41.9 Å². The molecule has 0 unspecified atom stereocenters. The van der Waals surface area contributed by atoms with Crippen molar-refractivity contribution >= 4 is 29.5 Å². The number of primary amides is 1. The standard InChI is InChI=1S/C37H50N6O5/c1-24-12-14-25(15-13-24)22-33(45)42-21-20-28-16-18-31(43(28)37(48)29(38)23-42)36(47)40-30(17-19-32(39)44)35(46)41-34(26-8-4-2-5-9-26)27-10-6-3-7-11-27/h2-11,24-25,28-31,34H,12-23,38H2,1H3,(H2,39,44)(H,40,47)(H,41,46)/t24-,25+,28-,29+,30+,31+/m1/s1. The van der Waals surface area contributed by atoms with E-state index in [1.54, 1.807) is 9.80 Å². The normalized spacial score (nSPS) is 25.1. The first-order valence-electron chi connectivity index (χ1n) is 17.4. The Bertz CT molecular complexity index is 1390. The number of nitrogens with one attached hydrogen (secondary N) is 2.